The van der Waals surface area contributed by atoms with Crippen LogP contribution in [0.5, 0.6) is 0 Å². The molecule has 9 heteroatoms. The Kier molecular flexibility index (Phi) is 3.12. The molecule has 0 saturated carbocycles. The van der Waals surface area contributed by atoms with Crippen molar-refractivity contribution in [3.63, 3.8) is 0 Å². The molecule has 0 aliphatic carbocycles. The number of imidazole rings is 1. The minimum absolute atomic E-state index is 0.378. The first-order chi connectivity index (χ1) is 12.6. The van der Waals surface area contributed by atoms with E-state index in [1.165, 1.54) is 0 Å². The van der Waals surface area contributed by atoms with Crippen molar-refractivity contribution in [2.24, 2.45) is 0 Å². The first kappa shape index (κ1) is 15.1. The molecule has 0 radical (unpaired) electrons. The van der Waals surface area contributed by atoms with Gasteiger partial charge in [0.15, 0.2) is 5.65 Å². The van der Waals surface area contributed by atoms with Crippen LogP contribution in [0.2, 0.25) is 0 Å². The van der Waals surface area contributed by atoms with E-state index in [0.29, 0.717) is 11.8 Å². The molecule has 4 aromatic heterocycles. The maximum Gasteiger partial charge on any atom is 0.254 e. The van der Waals surface area contributed by atoms with Crippen molar-refractivity contribution >= 4 is 23.1 Å². The van der Waals surface area contributed by atoms with Crippen molar-refractivity contribution in [3.05, 3.63) is 42.1 Å². The van der Waals surface area contributed by atoms with Gasteiger partial charge < -0.3 is 9.80 Å². The Morgan fingerprint density at radius 3 is 2.85 bits per heavy atom. The van der Waals surface area contributed by atoms with E-state index >= 15 is 0 Å². The Balaban J connectivity index is 1.41. The second-order valence-electron chi connectivity index (χ2n) is 6.71. The van der Waals surface area contributed by atoms with Gasteiger partial charge >= 0.3 is 0 Å². The van der Waals surface area contributed by atoms with E-state index in [2.05, 4.69) is 48.9 Å². The largest absolute Gasteiger partial charge is 0.353 e. The highest BCUT2D eigenvalue weighted by Gasteiger charge is 2.33. The van der Waals surface area contributed by atoms with Gasteiger partial charge in [0, 0.05) is 43.8 Å². The minimum Gasteiger partial charge on any atom is -0.353 e. The van der Waals surface area contributed by atoms with Gasteiger partial charge in [-0.05, 0) is 26.0 Å². The molecule has 1 aliphatic heterocycles. The molecule has 5 rings (SSSR count). The number of rotatable bonds is 3. The first-order valence-corrected chi connectivity index (χ1v) is 8.57. The Hall–Kier alpha value is -3.23. The second-order valence-corrected chi connectivity index (χ2v) is 6.71. The smallest absolute Gasteiger partial charge is 0.254 e. The van der Waals surface area contributed by atoms with Gasteiger partial charge in [-0.1, -0.05) is 0 Å². The summed E-state index contributed by atoms with van der Waals surface area (Å²) < 4.78 is 3.63. The van der Waals surface area contributed by atoms with Crippen molar-refractivity contribution in [3.8, 4) is 0 Å². The standard InChI is InChI=1S/C17H19N9/c1-11-12(2)21-17-19-10-20-26(17)16(11)23(3)13-8-24(9-13)15-5-4-14-18-6-7-25(14)22-15/h4-7,10,13H,8-9H2,1-3H3. The van der Waals surface area contributed by atoms with Crippen LogP contribution in [0.25, 0.3) is 11.4 Å². The Morgan fingerprint density at radius 1 is 1.15 bits per heavy atom. The number of hydrogen-bond donors (Lipinski definition) is 0. The van der Waals surface area contributed by atoms with Crippen LogP contribution < -0.4 is 9.80 Å². The van der Waals surface area contributed by atoms with Gasteiger partial charge in [0.05, 0.1) is 6.04 Å². The number of likely N-dealkylation sites (N-methyl/N-ethyl adjacent to an activating group) is 1. The highest BCUT2D eigenvalue weighted by Crippen LogP contribution is 2.28. The summed E-state index contributed by atoms with van der Waals surface area (Å²) in [4.78, 5) is 17.5. The zero-order valence-electron chi connectivity index (χ0n) is 14.9. The van der Waals surface area contributed by atoms with Crippen LogP contribution in [-0.2, 0) is 0 Å². The lowest BCUT2D eigenvalue weighted by molar-refractivity contribution is 0.483. The molecule has 0 atom stereocenters. The number of aryl methyl sites for hydroxylation is 1. The summed E-state index contributed by atoms with van der Waals surface area (Å²) in [6.45, 7) is 5.90. The zero-order valence-corrected chi connectivity index (χ0v) is 14.9. The van der Waals surface area contributed by atoms with Crippen molar-refractivity contribution in [2.45, 2.75) is 19.9 Å². The molecule has 1 aliphatic rings. The maximum absolute atomic E-state index is 4.62. The van der Waals surface area contributed by atoms with Gasteiger partial charge in [-0.3, -0.25) is 0 Å². The summed E-state index contributed by atoms with van der Waals surface area (Å²) in [5.41, 5.74) is 2.97. The fourth-order valence-corrected chi connectivity index (χ4v) is 3.46. The van der Waals surface area contributed by atoms with Crippen molar-refractivity contribution in [1.82, 2.24) is 34.2 Å². The van der Waals surface area contributed by atoms with E-state index in [9.17, 15) is 0 Å². The molecule has 9 nitrogen and oxygen atoms in total. The highest BCUT2D eigenvalue weighted by atomic mass is 15.4. The van der Waals surface area contributed by atoms with Gasteiger partial charge in [0.25, 0.3) is 5.78 Å². The van der Waals surface area contributed by atoms with Crippen LogP contribution in [0.4, 0.5) is 11.6 Å². The molecule has 1 fully saturated rings. The average Bonchev–Trinajstić information content (AvgIpc) is 3.22. The molecule has 1 saturated heterocycles. The summed E-state index contributed by atoms with van der Waals surface area (Å²) in [6.07, 6.45) is 5.18. The molecular formula is C17H19N9. The molecule has 0 amide bonds. The molecule has 0 unspecified atom stereocenters. The summed E-state index contributed by atoms with van der Waals surface area (Å²) >= 11 is 0. The van der Waals surface area contributed by atoms with Crippen LogP contribution >= 0.6 is 0 Å². The highest BCUT2D eigenvalue weighted by molar-refractivity contribution is 5.56. The van der Waals surface area contributed by atoms with E-state index < -0.39 is 0 Å². The van der Waals surface area contributed by atoms with Crippen LogP contribution in [0.3, 0.4) is 0 Å². The lowest BCUT2D eigenvalue weighted by atomic mass is 10.1. The van der Waals surface area contributed by atoms with Crippen LogP contribution in [0.1, 0.15) is 11.3 Å². The van der Waals surface area contributed by atoms with Gasteiger partial charge in [0.2, 0.25) is 0 Å². The van der Waals surface area contributed by atoms with Crippen LogP contribution in [-0.4, -0.2) is 60.4 Å². The molecule has 5 heterocycles. The first-order valence-electron chi connectivity index (χ1n) is 8.57. The third-order valence-electron chi connectivity index (χ3n) is 5.19. The second kappa shape index (κ2) is 5.38. The number of nitrogens with zero attached hydrogens (tertiary/aromatic N) is 9. The summed E-state index contributed by atoms with van der Waals surface area (Å²) in [6, 6.07) is 4.40. The van der Waals surface area contributed by atoms with Crippen molar-refractivity contribution in [2.75, 3.05) is 29.9 Å². The monoisotopic (exact) mass is 349 g/mol. The molecule has 0 N–H and O–H groups in total. The van der Waals surface area contributed by atoms with Gasteiger partial charge in [-0.25, -0.2) is 14.5 Å². The summed E-state index contributed by atoms with van der Waals surface area (Å²) in [5.74, 6) is 2.65. The Labute approximate surface area is 149 Å². The molecule has 132 valence electrons. The number of fused-ring (bicyclic) bond motifs is 2. The Bertz CT molecular complexity index is 1110. The molecule has 0 aromatic carbocycles. The van der Waals surface area contributed by atoms with Gasteiger partial charge in [-0.2, -0.15) is 14.6 Å². The topological polar surface area (TPSA) is 79.8 Å². The fourth-order valence-electron chi connectivity index (χ4n) is 3.46. The minimum atomic E-state index is 0.378. The lowest BCUT2D eigenvalue weighted by Gasteiger charge is -2.45. The molecule has 4 aromatic rings. The molecule has 0 bridgehead atoms. The maximum atomic E-state index is 4.62. The summed E-state index contributed by atoms with van der Waals surface area (Å²) in [7, 11) is 2.11. The Morgan fingerprint density at radius 2 is 2.00 bits per heavy atom. The number of aromatic nitrogens is 7. The predicted octanol–water partition coefficient (Wildman–Crippen LogP) is 1.11. The van der Waals surface area contributed by atoms with E-state index in [4.69, 9.17) is 0 Å². The molecular weight excluding hydrogens is 330 g/mol. The van der Waals surface area contributed by atoms with E-state index in [1.807, 2.05) is 34.3 Å². The van der Waals surface area contributed by atoms with E-state index in [-0.39, 0.29) is 0 Å². The van der Waals surface area contributed by atoms with Crippen molar-refractivity contribution < 1.29 is 0 Å². The lowest BCUT2D eigenvalue weighted by Crippen LogP contribution is -2.59. The molecule has 26 heavy (non-hydrogen) atoms. The zero-order chi connectivity index (χ0) is 17.8. The molecule has 0 spiro atoms. The van der Waals surface area contributed by atoms with Crippen molar-refractivity contribution in [1.29, 1.82) is 0 Å². The SMILES string of the molecule is Cc1nc2ncnn2c(N(C)C2CN(c3ccc4nccn4n3)C2)c1C. The number of hydrogen-bond acceptors (Lipinski definition) is 7. The van der Waals surface area contributed by atoms with Gasteiger partial charge in [-0.15, -0.1) is 5.10 Å². The van der Waals surface area contributed by atoms with Gasteiger partial charge in [0.1, 0.15) is 18.0 Å². The normalized spacial score (nSPS) is 15.0. The van der Waals surface area contributed by atoms with E-state index in [1.54, 1.807) is 12.5 Å². The predicted molar refractivity (Wildman–Crippen MR) is 97.6 cm³/mol. The van der Waals surface area contributed by atoms with Crippen LogP contribution in [0, 0.1) is 13.8 Å². The van der Waals surface area contributed by atoms with Crippen LogP contribution in [0.15, 0.2) is 30.9 Å². The third-order valence-corrected chi connectivity index (χ3v) is 5.19. The number of anilines is 2. The quantitative estimate of drug-likeness (QED) is 0.548. The fraction of sp³-hybridized carbons (Fsp3) is 0.353. The summed E-state index contributed by atoms with van der Waals surface area (Å²) in [5, 5.41) is 8.97. The van der Waals surface area contributed by atoms with E-state index in [0.717, 1.165) is 41.6 Å². The average molecular weight is 349 g/mol. The third kappa shape index (κ3) is 2.13.